The molecule has 6 heteroatoms. The second-order valence-corrected chi connectivity index (χ2v) is 5.90. The van der Waals surface area contributed by atoms with E-state index in [-0.39, 0.29) is 0 Å². The summed E-state index contributed by atoms with van der Waals surface area (Å²) in [4.78, 5) is 10.2. The highest BCUT2D eigenvalue weighted by Crippen LogP contribution is 2.27. The molecule has 0 bridgehead atoms. The van der Waals surface area contributed by atoms with E-state index >= 15 is 0 Å². The summed E-state index contributed by atoms with van der Waals surface area (Å²) < 4.78 is 7.99. The standard InChI is InChI=1S/C14H20N4OS/c1-9(17(2)10-4-5-10)8-18-13-11(15-14(18)20)6-7-12(16-13)19-3/h6-7,9-10H,4-5,8H2,1-3H3,(H,15,20). The summed E-state index contributed by atoms with van der Waals surface area (Å²) in [5, 5.41) is 0. The zero-order valence-electron chi connectivity index (χ0n) is 12.1. The van der Waals surface area contributed by atoms with Gasteiger partial charge in [-0.15, -0.1) is 0 Å². The van der Waals surface area contributed by atoms with Gasteiger partial charge in [-0.1, -0.05) is 0 Å². The molecular weight excluding hydrogens is 272 g/mol. The Hall–Kier alpha value is -1.40. The molecule has 0 saturated heterocycles. The number of likely N-dealkylation sites (N-methyl/N-ethyl adjacent to an activating group) is 1. The van der Waals surface area contributed by atoms with Crippen LogP contribution in [0.2, 0.25) is 0 Å². The van der Waals surface area contributed by atoms with Gasteiger partial charge in [-0.05, 0) is 45.1 Å². The molecule has 1 fully saturated rings. The zero-order valence-corrected chi connectivity index (χ0v) is 12.9. The minimum atomic E-state index is 0.432. The van der Waals surface area contributed by atoms with Crippen molar-refractivity contribution in [3.8, 4) is 5.88 Å². The minimum absolute atomic E-state index is 0.432. The molecule has 108 valence electrons. The molecule has 0 aromatic carbocycles. The van der Waals surface area contributed by atoms with E-state index in [4.69, 9.17) is 17.0 Å². The topological polar surface area (TPSA) is 46.1 Å². The molecule has 1 unspecified atom stereocenters. The summed E-state index contributed by atoms with van der Waals surface area (Å²) in [5.74, 6) is 0.614. The average Bonchev–Trinajstić information content (AvgIpc) is 3.24. The van der Waals surface area contributed by atoms with Crippen molar-refractivity contribution in [2.45, 2.75) is 38.4 Å². The molecule has 5 nitrogen and oxygen atoms in total. The summed E-state index contributed by atoms with van der Waals surface area (Å²) in [6, 6.07) is 4.98. The van der Waals surface area contributed by atoms with Crippen molar-refractivity contribution in [3.05, 3.63) is 16.9 Å². The molecule has 1 aliphatic carbocycles. The fourth-order valence-electron chi connectivity index (χ4n) is 2.53. The molecule has 1 aliphatic rings. The Bertz CT molecular complexity index is 673. The van der Waals surface area contributed by atoms with Gasteiger partial charge < -0.3 is 9.72 Å². The molecular formula is C14H20N4OS. The number of hydrogen-bond donors (Lipinski definition) is 1. The normalized spacial score (nSPS) is 16.8. The van der Waals surface area contributed by atoms with Gasteiger partial charge >= 0.3 is 0 Å². The van der Waals surface area contributed by atoms with Crippen LogP contribution in [0.1, 0.15) is 19.8 Å². The van der Waals surface area contributed by atoms with E-state index in [0.29, 0.717) is 11.9 Å². The molecule has 2 aromatic heterocycles. The van der Waals surface area contributed by atoms with Crippen LogP contribution in [-0.4, -0.2) is 45.7 Å². The van der Waals surface area contributed by atoms with Gasteiger partial charge in [-0.3, -0.25) is 9.47 Å². The number of nitrogens with one attached hydrogen (secondary N) is 1. The van der Waals surface area contributed by atoms with Crippen LogP contribution in [0.5, 0.6) is 5.88 Å². The predicted octanol–water partition coefficient (Wildman–Crippen LogP) is 2.59. The van der Waals surface area contributed by atoms with E-state index < -0.39 is 0 Å². The van der Waals surface area contributed by atoms with Gasteiger partial charge in [-0.25, -0.2) is 0 Å². The first-order valence-electron chi connectivity index (χ1n) is 6.95. The Kier molecular flexibility index (Phi) is 3.52. The highest BCUT2D eigenvalue weighted by atomic mass is 32.1. The van der Waals surface area contributed by atoms with Gasteiger partial charge in [0.15, 0.2) is 10.4 Å². The Morgan fingerprint density at radius 3 is 2.95 bits per heavy atom. The number of aromatic nitrogens is 3. The zero-order chi connectivity index (χ0) is 14.3. The van der Waals surface area contributed by atoms with Gasteiger partial charge in [0.05, 0.1) is 12.6 Å². The van der Waals surface area contributed by atoms with Crippen molar-refractivity contribution < 1.29 is 4.74 Å². The van der Waals surface area contributed by atoms with Crippen molar-refractivity contribution in [2.24, 2.45) is 0 Å². The summed E-state index contributed by atoms with van der Waals surface area (Å²) in [5.41, 5.74) is 1.82. The average molecular weight is 292 g/mol. The first kappa shape index (κ1) is 13.6. The largest absolute Gasteiger partial charge is 0.481 e. The molecule has 0 aliphatic heterocycles. The number of ether oxygens (including phenoxy) is 1. The molecule has 1 saturated carbocycles. The van der Waals surface area contributed by atoms with Crippen LogP contribution in [0.15, 0.2) is 12.1 Å². The number of imidazole rings is 1. The molecule has 2 heterocycles. The van der Waals surface area contributed by atoms with E-state index in [1.165, 1.54) is 12.8 Å². The van der Waals surface area contributed by atoms with Crippen molar-refractivity contribution in [2.75, 3.05) is 14.2 Å². The van der Waals surface area contributed by atoms with Crippen LogP contribution < -0.4 is 4.74 Å². The predicted molar refractivity (Wildman–Crippen MR) is 81.7 cm³/mol. The highest BCUT2D eigenvalue weighted by Gasteiger charge is 2.29. The van der Waals surface area contributed by atoms with Gasteiger partial charge in [0, 0.05) is 24.7 Å². The summed E-state index contributed by atoms with van der Waals surface area (Å²) in [7, 11) is 3.82. The molecule has 0 spiro atoms. The Labute approximate surface area is 123 Å². The van der Waals surface area contributed by atoms with E-state index in [1.807, 2.05) is 12.1 Å². The lowest BCUT2D eigenvalue weighted by atomic mass is 10.3. The van der Waals surface area contributed by atoms with Gasteiger partial charge in [0.1, 0.15) is 0 Å². The number of aromatic amines is 1. The molecule has 0 amide bonds. The van der Waals surface area contributed by atoms with Crippen LogP contribution in [0.3, 0.4) is 0 Å². The van der Waals surface area contributed by atoms with Gasteiger partial charge in [-0.2, -0.15) is 4.98 Å². The quantitative estimate of drug-likeness (QED) is 0.860. The maximum Gasteiger partial charge on any atom is 0.215 e. The maximum atomic E-state index is 5.43. The number of rotatable bonds is 5. The Morgan fingerprint density at radius 2 is 2.30 bits per heavy atom. The maximum absolute atomic E-state index is 5.43. The Morgan fingerprint density at radius 1 is 1.55 bits per heavy atom. The molecule has 1 atom stereocenters. The monoisotopic (exact) mass is 292 g/mol. The van der Waals surface area contributed by atoms with Gasteiger partial charge in [0.25, 0.3) is 0 Å². The lowest BCUT2D eigenvalue weighted by Gasteiger charge is -2.24. The summed E-state index contributed by atoms with van der Waals surface area (Å²) in [6.07, 6.45) is 2.62. The summed E-state index contributed by atoms with van der Waals surface area (Å²) >= 11 is 5.43. The van der Waals surface area contributed by atoms with Crippen molar-refractivity contribution in [1.82, 2.24) is 19.4 Å². The fourth-order valence-corrected chi connectivity index (χ4v) is 2.80. The third-order valence-corrected chi connectivity index (χ3v) is 4.39. The fraction of sp³-hybridized carbons (Fsp3) is 0.571. The third kappa shape index (κ3) is 2.45. The number of methoxy groups -OCH3 is 1. The number of H-pyrrole nitrogens is 1. The number of fused-ring (bicyclic) bond motifs is 1. The van der Waals surface area contributed by atoms with Crippen LogP contribution in [0, 0.1) is 4.77 Å². The molecule has 0 radical (unpaired) electrons. The second kappa shape index (κ2) is 5.18. The first-order chi connectivity index (χ1) is 9.60. The smallest absolute Gasteiger partial charge is 0.215 e. The van der Waals surface area contributed by atoms with Crippen LogP contribution in [0.4, 0.5) is 0 Å². The molecule has 2 aromatic rings. The number of pyridine rings is 1. The lowest BCUT2D eigenvalue weighted by Crippen LogP contribution is -2.34. The molecule has 20 heavy (non-hydrogen) atoms. The van der Waals surface area contributed by atoms with Crippen molar-refractivity contribution in [1.29, 1.82) is 0 Å². The molecule has 3 rings (SSSR count). The third-order valence-electron chi connectivity index (χ3n) is 4.07. The van der Waals surface area contributed by atoms with Gasteiger partial charge in [0.2, 0.25) is 5.88 Å². The first-order valence-corrected chi connectivity index (χ1v) is 7.36. The number of nitrogens with zero attached hydrogens (tertiary/aromatic N) is 3. The van der Waals surface area contributed by atoms with Crippen molar-refractivity contribution >= 4 is 23.4 Å². The second-order valence-electron chi connectivity index (χ2n) is 5.51. The van der Waals surface area contributed by atoms with E-state index in [9.17, 15) is 0 Å². The SMILES string of the molecule is COc1ccc2[nH]c(=S)n(CC(C)N(C)C3CC3)c2n1. The van der Waals surface area contributed by atoms with Crippen LogP contribution in [-0.2, 0) is 6.54 Å². The molecule has 1 N–H and O–H groups in total. The van der Waals surface area contributed by atoms with E-state index in [1.54, 1.807) is 7.11 Å². The Balaban J connectivity index is 1.93. The number of hydrogen-bond acceptors (Lipinski definition) is 4. The van der Waals surface area contributed by atoms with E-state index in [0.717, 1.165) is 28.5 Å². The van der Waals surface area contributed by atoms with Crippen LogP contribution >= 0.6 is 12.2 Å². The highest BCUT2D eigenvalue weighted by molar-refractivity contribution is 7.71. The van der Waals surface area contributed by atoms with Crippen molar-refractivity contribution in [3.63, 3.8) is 0 Å². The lowest BCUT2D eigenvalue weighted by molar-refractivity contribution is 0.226. The summed E-state index contributed by atoms with van der Waals surface area (Å²) in [6.45, 7) is 3.07. The van der Waals surface area contributed by atoms with Crippen LogP contribution in [0.25, 0.3) is 11.2 Å². The minimum Gasteiger partial charge on any atom is -0.481 e. The van der Waals surface area contributed by atoms with E-state index in [2.05, 4.69) is 33.4 Å².